The molecule has 3 aromatic rings. The third-order valence-corrected chi connectivity index (χ3v) is 6.07. The standard InChI is InChI=1S/C23H24N4O3/c24-21(28)15-3-1-4-16(12-15)23-26-18-10-13(9-17(22(25)29)14-5-6-14)11-19-20(18)27(23)7-2-8-30-19/h1,3-4,10-12,14,17H,2,5-9H2,(H2,24,28)(H2,25,29)/t17-/m0/s1. The maximum absolute atomic E-state index is 11.9. The number of nitrogens with zero attached hydrogens (tertiary/aromatic N) is 2. The second-order valence-corrected chi connectivity index (χ2v) is 8.25. The number of ether oxygens (including phenoxy) is 1. The molecule has 1 saturated carbocycles. The van der Waals surface area contributed by atoms with E-state index in [9.17, 15) is 9.59 Å². The van der Waals surface area contributed by atoms with E-state index in [2.05, 4.69) is 4.57 Å². The Balaban J connectivity index is 1.62. The van der Waals surface area contributed by atoms with Gasteiger partial charge in [-0.3, -0.25) is 9.59 Å². The average Bonchev–Trinajstić information content (AvgIpc) is 3.52. The molecular weight excluding hydrogens is 380 g/mol. The van der Waals surface area contributed by atoms with E-state index in [1.54, 1.807) is 12.1 Å². The lowest BCUT2D eigenvalue weighted by molar-refractivity contribution is -0.122. The highest BCUT2D eigenvalue weighted by molar-refractivity contribution is 5.94. The number of hydrogen-bond donors (Lipinski definition) is 2. The number of primary amides is 2. The van der Waals surface area contributed by atoms with Crippen molar-refractivity contribution in [2.24, 2.45) is 23.3 Å². The van der Waals surface area contributed by atoms with E-state index in [1.165, 1.54) is 0 Å². The van der Waals surface area contributed by atoms with Crippen molar-refractivity contribution in [2.75, 3.05) is 6.61 Å². The lowest BCUT2D eigenvalue weighted by Gasteiger charge is -2.13. The summed E-state index contributed by atoms with van der Waals surface area (Å²) in [5.41, 5.74) is 15.2. The summed E-state index contributed by atoms with van der Waals surface area (Å²) in [5.74, 6) is 1.11. The van der Waals surface area contributed by atoms with Crippen molar-refractivity contribution >= 4 is 22.8 Å². The van der Waals surface area contributed by atoms with Gasteiger partial charge in [-0.1, -0.05) is 12.1 Å². The van der Waals surface area contributed by atoms with Gasteiger partial charge in [-0.25, -0.2) is 4.98 Å². The molecule has 2 heterocycles. The molecule has 7 heteroatoms. The topological polar surface area (TPSA) is 113 Å². The normalized spacial score (nSPS) is 16.7. The maximum Gasteiger partial charge on any atom is 0.248 e. The summed E-state index contributed by atoms with van der Waals surface area (Å²) < 4.78 is 8.19. The van der Waals surface area contributed by atoms with E-state index in [-0.39, 0.29) is 11.8 Å². The highest BCUT2D eigenvalue weighted by atomic mass is 16.5. The fraction of sp³-hybridized carbons (Fsp3) is 0.348. The van der Waals surface area contributed by atoms with E-state index >= 15 is 0 Å². The number of nitrogens with two attached hydrogens (primary N) is 2. The number of aromatic nitrogens is 2. The summed E-state index contributed by atoms with van der Waals surface area (Å²) in [6, 6.07) is 11.3. The van der Waals surface area contributed by atoms with Crippen LogP contribution in [0.4, 0.5) is 0 Å². The molecule has 1 aliphatic carbocycles. The Hall–Kier alpha value is -3.35. The van der Waals surface area contributed by atoms with E-state index in [4.69, 9.17) is 21.2 Å². The number of carbonyl (C=O) groups excluding carboxylic acids is 2. The minimum Gasteiger partial charge on any atom is -0.491 e. The lowest BCUT2D eigenvalue weighted by Crippen LogP contribution is -2.26. The molecule has 4 N–H and O–H groups in total. The van der Waals surface area contributed by atoms with E-state index in [0.717, 1.165) is 59.5 Å². The molecule has 2 aromatic carbocycles. The van der Waals surface area contributed by atoms with Crippen molar-refractivity contribution in [1.29, 1.82) is 0 Å². The number of imidazole rings is 1. The van der Waals surface area contributed by atoms with E-state index in [0.29, 0.717) is 24.5 Å². The maximum atomic E-state index is 11.9. The van der Waals surface area contributed by atoms with Crippen molar-refractivity contribution in [3.8, 4) is 17.1 Å². The molecule has 1 atom stereocenters. The van der Waals surface area contributed by atoms with Crippen LogP contribution in [0, 0.1) is 11.8 Å². The van der Waals surface area contributed by atoms with Gasteiger partial charge in [0.25, 0.3) is 0 Å². The number of benzene rings is 2. The van der Waals surface area contributed by atoms with E-state index < -0.39 is 5.91 Å². The zero-order valence-corrected chi connectivity index (χ0v) is 16.6. The first kappa shape index (κ1) is 18.7. The van der Waals surface area contributed by atoms with Crippen LogP contribution in [-0.4, -0.2) is 28.0 Å². The van der Waals surface area contributed by atoms with Crippen LogP contribution >= 0.6 is 0 Å². The molecule has 0 saturated heterocycles. The Labute approximate surface area is 174 Å². The van der Waals surface area contributed by atoms with Crippen LogP contribution in [0.1, 0.15) is 35.2 Å². The van der Waals surface area contributed by atoms with Gasteiger partial charge in [-0.05, 0) is 61.4 Å². The van der Waals surface area contributed by atoms with Crippen LogP contribution in [-0.2, 0) is 17.8 Å². The Morgan fingerprint density at radius 3 is 2.77 bits per heavy atom. The summed E-state index contributed by atoms with van der Waals surface area (Å²) in [6.45, 7) is 1.38. The van der Waals surface area contributed by atoms with Crippen LogP contribution in [0.3, 0.4) is 0 Å². The first-order valence-electron chi connectivity index (χ1n) is 10.4. The van der Waals surface area contributed by atoms with Gasteiger partial charge in [-0.2, -0.15) is 0 Å². The van der Waals surface area contributed by atoms with Crippen molar-refractivity contribution < 1.29 is 14.3 Å². The molecule has 1 aromatic heterocycles. The van der Waals surface area contributed by atoms with Gasteiger partial charge >= 0.3 is 0 Å². The third kappa shape index (κ3) is 3.30. The largest absolute Gasteiger partial charge is 0.491 e. The summed E-state index contributed by atoms with van der Waals surface area (Å²) in [4.78, 5) is 28.4. The van der Waals surface area contributed by atoms with Gasteiger partial charge in [0.05, 0.1) is 12.1 Å². The monoisotopic (exact) mass is 404 g/mol. The Morgan fingerprint density at radius 2 is 2.03 bits per heavy atom. The van der Waals surface area contributed by atoms with Crippen molar-refractivity contribution in [2.45, 2.75) is 32.2 Å². The van der Waals surface area contributed by atoms with Gasteiger partial charge in [-0.15, -0.1) is 0 Å². The summed E-state index contributed by atoms with van der Waals surface area (Å²) in [6.07, 6.45) is 3.58. The Kier molecular flexibility index (Phi) is 4.46. The fourth-order valence-electron chi connectivity index (χ4n) is 4.42. The third-order valence-electron chi connectivity index (χ3n) is 6.07. The molecule has 0 unspecified atom stereocenters. The Bertz CT molecular complexity index is 1160. The van der Waals surface area contributed by atoms with Gasteiger partial charge in [0.15, 0.2) is 0 Å². The van der Waals surface area contributed by atoms with Crippen LogP contribution in [0.15, 0.2) is 36.4 Å². The quantitative estimate of drug-likeness (QED) is 0.657. The molecule has 2 aliphatic rings. The van der Waals surface area contributed by atoms with Gasteiger partial charge in [0.1, 0.15) is 17.1 Å². The number of amides is 2. The molecule has 30 heavy (non-hydrogen) atoms. The molecule has 2 amide bonds. The summed E-state index contributed by atoms with van der Waals surface area (Å²) in [7, 11) is 0. The molecule has 0 radical (unpaired) electrons. The Morgan fingerprint density at radius 1 is 1.20 bits per heavy atom. The number of carbonyl (C=O) groups is 2. The minimum absolute atomic E-state index is 0.144. The van der Waals surface area contributed by atoms with Crippen molar-refractivity contribution in [3.05, 3.63) is 47.5 Å². The van der Waals surface area contributed by atoms with E-state index in [1.807, 2.05) is 24.3 Å². The zero-order valence-electron chi connectivity index (χ0n) is 16.6. The molecule has 0 spiro atoms. The SMILES string of the molecule is NC(=O)c1cccc(-c2nc3cc(C[C@H](C(N)=O)C4CC4)cc4c3n2CCCO4)c1. The lowest BCUT2D eigenvalue weighted by atomic mass is 9.94. The number of rotatable bonds is 6. The molecule has 7 nitrogen and oxygen atoms in total. The van der Waals surface area contributed by atoms with Gasteiger partial charge in [0, 0.05) is 23.6 Å². The average molecular weight is 404 g/mol. The molecule has 154 valence electrons. The smallest absolute Gasteiger partial charge is 0.248 e. The zero-order chi connectivity index (χ0) is 20.8. The van der Waals surface area contributed by atoms with Crippen molar-refractivity contribution in [1.82, 2.24) is 9.55 Å². The predicted molar refractivity (Wildman–Crippen MR) is 113 cm³/mol. The molecule has 5 rings (SSSR count). The van der Waals surface area contributed by atoms with Crippen LogP contribution in [0.2, 0.25) is 0 Å². The molecule has 1 aliphatic heterocycles. The number of aryl methyl sites for hydroxylation is 1. The van der Waals surface area contributed by atoms with Gasteiger partial charge < -0.3 is 20.8 Å². The highest BCUT2D eigenvalue weighted by Gasteiger charge is 2.35. The summed E-state index contributed by atoms with van der Waals surface area (Å²) >= 11 is 0. The molecular formula is C23H24N4O3. The molecule has 1 fully saturated rings. The predicted octanol–water partition coefficient (Wildman–Crippen LogP) is 2.64. The van der Waals surface area contributed by atoms with Crippen LogP contribution in [0.5, 0.6) is 5.75 Å². The minimum atomic E-state index is -0.465. The van der Waals surface area contributed by atoms with Crippen LogP contribution in [0.25, 0.3) is 22.4 Å². The fourth-order valence-corrected chi connectivity index (χ4v) is 4.42. The second-order valence-electron chi connectivity index (χ2n) is 8.25. The first-order valence-corrected chi connectivity index (χ1v) is 10.4. The highest BCUT2D eigenvalue weighted by Crippen LogP contribution is 2.40. The first-order chi connectivity index (χ1) is 14.5. The summed E-state index contributed by atoms with van der Waals surface area (Å²) in [5, 5.41) is 0. The second kappa shape index (κ2) is 7.16. The number of hydrogen-bond acceptors (Lipinski definition) is 4. The van der Waals surface area contributed by atoms with Gasteiger partial charge in [0.2, 0.25) is 11.8 Å². The molecule has 0 bridgehead atoms. The van der Waals surface area contributed by atoms with Crippen LogP contribution < -0.4 is 16.2 Å². The van der Waals surface area contributed by atoms with Crippen molar-refractivity contribution in [3.63, 3.8) is 0 Å².